The predicted octanol–water partition coefficient (Wildman–Crippen LogP) is 0.484. The fraction of sp³-hybridized carbons (Fsp3) is 0.231. The Kier molecular flexibility index (Phi) is 4.77. The van der Waals surface area contributed by atoms with Crippen LogP contribution in [0.2, 0.25) is 0 Å². The van der Waals surface area contributed by atoms with Crippen LogP contribution in [0, 0.1) is 12.3 Å². The number of carbonyl (C=O) groups excluding carboxylic acids is 1. The molecule has 0 spiro atoms. The van der Waals surface area contributed by atoms with E-state index in [2.05, 4.69) is 11.2 Å². The molecule has 6 heteroatoms. The van der Waals surface area contributed by atoms with Crippen LogP contribution in [0.15, 0.2) is 18.2 Å². The molecule has 0 aliphatic heterocycles. The molecule has 6 nitrogen and oxygen atoms in total. The van der Waals surface area contributed by atoms with E-state index in [9.17, 15) is 9.59 Å². The lowest BCUT2D eigenvalue weighted by Gasteiger charge is -2.14. The molecule has 1 aromatic carbocycles. The SMILES string of the molecule is C#CCC(NC(=O)c1ccc(N)cc1OC)C(=O)O. The maximum atomic E-state index is 12.0. The van der Waals surface area contributed by atoms with Gasteiger partial charge >= 0.3 is 5.97 Å². The third-order valence-electron chi connectivity index (χ3n) is 2.40. The molecule has 19 heavy (non-hydrogen) atoms. The van der Waals surface area contributed by atoms with Crippen molar-refractivity contribution >= 4 is 17.6 Å². The molecule has 0 heterocycles. The number of benzene rings is 1. The summed E-state index contributed by atoms with van der Waals surface area (Å²) < 4.78 is 5.02. The highest BCUT2D eigenvalue weighted by molar-refractivity contribution is 5.99. The summed E-state index contributed by atoms with van der Waals surface area (Å²) in [6.07, 6.45) is 4.95. The van der Waals surface area contributed by atoms with E-state index in [0.29, 0.717) is 5.69 Å². The average molecular weight is 262 g/mol. The van der Waals surface area contributed by atoms with Gasteiger partial charge in [0.05, 0.1) is 12.7 Å². The number of carboxylic acids is 1. The first kappa shape index (κ1) is 14.4. The van der Waals surface area contributed by atoms with Gasteiger partial charge in [-0.25, -0.2) is 4.79 Å². The molecule has 100 valence electrons. The molecule has 0 aromatic heterocycles. The fourth-order valence-corrected chi connectivity index (χ4v) is 1.45. The molecule has 0 radical (unpaired) electrons. The predicted molar refractivity (Wildman–Crippen MR) is 69.7 cm³/mol. The van der Waals surface area contributed by atoms with Crippen LogP contribution in [0.3, 0.4) is 0 Å². The van der Waals surface area contributed by atoms with Crippen molar-refractivity contribution in [3.05, 3.63) is 23.8 Å². The van der Waals surface area contributed by atoms with Crippen molar-refractivity contribution in [3.8, 4) is 18.1 Å². The zero-order chi connectivity index (χ0) is 14.4. The van der Waals surface area contributed by atoms with Gasteiger partial charge in [0.25, 0.3) is 5.91 Å². The van der Waals surface area contributed by atoms with Crippen LogP contribution in [0.1, 0.15) is 16.8 Å². The molecule has 4 N–H and O–H groups in total. The number of amides is 1. The maximum Gasteiger partial charge on any atom is 0.327 e. The molecule has 1 atom stereocenters. The Balaban J connectivity index is 2.94. The van der Waals surface area contributed by atoms with Gasteiger partial charge in [0, 0.05) is 18.2 Å². The summed E-state index contributed by atoms with van der Waals surface area (Å²) in [7, 11) is 1.39. The van der Waals surface area contributed by atoms with E-state index < -0.39 is 17.9 Å². The third-order valence-corrected chi connectivity index (χ3v) is 2.40. The van der Waals surface area contributed by atoms with E-state index in [0.717, 1.165) is 0 Å². The Morgan fingerprint density at radius 1 is 1.58 bits per heavy atom. The van der Waals surface area contributed by atoms with Gasteiger partial charge in [0.2, 0.25) is 0 Å². The van der Waals surface area contributed by atoms with E-state index >= 15 is 0 Å². The summed E-state index contributed by atoms with van der Waals surface area (Å²) >= 11 is 0. The average Bonchev–Trinajstić information content (AvgIpc) is 2.37. The minimum absolute atomic E-state index is 0.0988. The van der Waals surface area contributed by atoms with E-state index in [-0.39, 0.29) is 17.7 Å². The van der Waals surface area contributed by atoms with Crippen molar-refractivity contribution in [2.24, 2.45) is 0 Å². The van der Waals surface area contributed by atoms with Gasteiger partial charge < -0.3 is 20.9 Å². The summed E-state index contributed by atoms with van der Waals surface area (Å²) in [6.45, 7) is 0. The quantitative estimate of drug-likeness (QED) is 0.529. The highest BCUT2D eigenvalue weighted by atomic mass is 16.5. The van der Waals surface area contributed by atoms with E-state index in [4.69, 9.17) is 22.0 Å². The van der Waals surface area contributed by atoms with Gasteiger partial charge in [-0.3, -0.25) is 4.79 Å². The standard InChI is InChI=1S/C13H14N2O4/c1-3-4-10(13(17)18)15-12(16)9-6-5-8(14)7-11(9)19-2/h1,5-7,10H,4,14H2,2H3,(H,15,16)(H,17,18). The second-order valence-corrected chi connectivity index (χ2v) is 3.73. The van der Waals surface area contributed by atoms with Gasteiger partial charge in [-0.1, -0.05) is 0 Å². The molecule has 0 aliphatic carbocycles. The first-order chi connectivity index (χ1) is 8.99. The Labute approximate surface area is 110 Å². The van der Waals surface area contributed by atoms with Gasteiger partial charge in [0.15, 0.2) is 0 Å². The van der Waals surface area contributed by atoms with Crippen molar-refractivity contribution in [2.45, 2.75) is 12.5 Å². The second-order valence-electron chi connectivity index (χ2n) is 3.73. The van der Waals surface area contributed by atoms with Crippen LogP contribution >= 0.6 is 0 Å². The number of hydrogen-bond acceptors (Lipinski definition) is 4. The third kappa shape index (κ3) is 3.64. The van der Waals surface area contributed by atoms with Crippen LogP contribution in [0.25, 0.3) is 0 Å². The van der Waals surface area contributed by atoms with Gasteiger partial charge in [-0.05, 0) is 12.1 Å². The number of rotatable bonds is 5. The number of terminal acetylenes is 1. The molecule has 0 bridgehead atoms. The highest BCUT2D eigenvalue weighted by Gasteiger charge is 2.21. The lowest BCUT2D eigenvalue weighted by Crippen LogP contribution is -2.40. The molecule has 0 fully saturated rings. The molecular weight excluding hydrogens is 248 g/mol. The molecule has 1 amide bonds. The van der Waals surface area contributed by atoms with Crippen molar-refractivity contribution in [1.82, 2.24) is 5.32 Å². The lowest BCUT2D eigenvalue weighted by atomic mass is 10.1. The number of carboxylic acid groups (broad SMARTS) is 1. The minimum atomic E-state index is -1.19. The maximum absolute atomic E-state index is 12.0. The van der Waals surface area contributed by atoms with Gasteiger partial charge in [-0.2, -0.15) is 0 Å². The monoisotopic (exact) mass is 262 g/mol. The lowest BCUT2D eigenvalue weighted by molar-refractivity contribution is -0.139. The van der Waals surface area contributed by atoms with Gasteiger partial charge in [-0.15, -0.1) is 12.3 Å². The molecule has 0 saturated heterocycles. The summed E-state index contributed by atoms with van der Waals surface area (Å²) in [5, 5.41) is 11.2. The van der Waals surface area contributed by atoms with Crippen molar-refractivity contribution < 1.29 is 19.4 Å². The van der Waals surface area contributed by atoms with E-state index in [1.807, 2.05) is 0 Å². The summed E-state index contributed by atoms with van der Waals surface area (Å²) in [5.41, 5.74) is 6.20. The van der Waals surface area contributed by atoms with Crippen LogP contribution in [0.4, 0.5) is 5.69 Å². The summed E-state index contributed by atoms with van der Waals surface area (Å²) in [6, 6.07) is 3.32. The Morgan fingerprint density at radius 2 is 2.26 bits per heavy atom. The molecule has 1 aromatic rings. The highest BCUT2D eigenvalue weighted by Crippen LogP contribution is 2.21. The van der Waals surface area contributed by atoms with Crippen molar-refractivity contribution in [1.29, 1.82) is 0 Å². The number of ether oxygens (including phenoxy) is 1. The molecular formula is C13H14N2O4. The molecule has 1 unspecified atom stereocenters. The molecule has 0 saturated carbocycles. The number of methoxy groups -OCH3 is 1. The normalized spacial score (nSPS) is 11.2. The smallest absolute Gasteiger partial charge is 0.327 e. The first-order valence-corrected chi connectivity index (χ1v) is 5.40. The second kappa shape index (κ2) is 6.31. The Hall–Kier alpha value is -2.68. The number of nitrogens with one attached hydrogen (secondary N) is 1. The number of aliphatic carboxylic acids is 1. The van der Waals surface area contributed by atoms with Crippen LogP contribution < -0.4 is 15.8 Å². The number of hydrogen-bond donors (Lipinski definition) is 3. The molecule has 0 aliphatic rings. The number of nitrogen functional groups attached to an aromatic ring is 1. The summed E-state index contributed by atoms with van der Waals surface area (Å²) in [5.74, 6) is 0.685. The number of anilines is 1. The first-order valence-electron chi connectivity index (χ1n) is 5.40. The number of nitrogens with two attached hydrogens (primary N) is 1. The number of carbonyl (C=O) groups is 2. The van der Waals surface area contributed by atoms with Crippen LogP contribution in [-0.2, 0) is 4.79 Å². The minimum Gasteiger partial charge on any atom is -0.496 e. The zero-order valence-electron chi connectivity index (χ0n) is 10.3. The zero-order valence-corrected chi connectivity index (χ0v) is 10.3. The Bertz CT molecular complexity index is 534. The van der Waals surface area contributed by atoms with E-state index in [1.54, 1.807) is 0 Å². The Morgan fingerprint density at radius 3 is 2.79 bits per heavy atom. The van der Waals surface area contributed by atoms with Crippen LogP contribution in [-0.4, -0.2) is 30.1 Å². The topological polar surface area (TPSA) is 102 Å². The largest absolute Gasteiger partial charge is 0.496 e. The molecule has 1 rings (SSSR count). The van der Waals surface area contributed by atoms with Gasteiger partial charge in [0.1, 0.15) is 11.8 Å². The van der Waals surface area contributed by atoms with Crippen molar-refractivity contribution in [2.75, 3.05) is 12.8 Å². The van der Waals surface area contributed by atoms with Crippen LogP contribution in [0.5, 0.6) is 5.75 Å². The fourth-order valence-electron chi connectivity index (χ4n) is 1.45. The summed E-state index contributed by atoms with van der Waals surface area (Å²) in [4.78, 5) is 22.9. The van der Waals surface area contributed by atoms with Crippen molar-refractivity contribution in [3.63, 3.8) is 0 Å². The van der Waals surface area contributed by atoms with E-state index in [1.165, 1.54) is 25.3 Å².